The summed E-state index contributed by atoms with van der Waals surface area (Å²) >= 11 is 0. The number of nitrogens with zero attached hydrogens (tertiary/aromatic N) is 2. The van der Waals surface area contributed by atoms with Gasteiger partial charge in [0, 0.05) is 18.5 Å². The van der Waals surface area contributed by atoms with Crippen LogP contribution in [0.15, 0.2) is 18.2 Å². The molecule has 9 heteroatoms. The molecule has 148 valence electrons. The number of rotatable bonds is 1. The largest absolute Gasteiger partial charge is 0.417 e. The van der Waals surface area contributed by atoms with Crippen LogP contribution in [0.1, 0.15) is 30.9 Å². The zero-order valence-corrected chi connectivity index (χ0v) is 14.9. The number of ether oxygens (including phenoxy) is 2. The molecule has 1 aromatic carbocycles. The fourth-order valence-electron chi connectivity index (χ4n) is 5.69. The fourth-order valence-corrected chi connectivity index (χ4v) is 5.69. The van der Waals surface area contributed by atoms with Crippen LogP contribution in [0.25, 0.3) is 0 Å². The van der Waals surface area contributed by atoms with Crippen molar-refractivity contribution in [3.05, 3.63) is 29.3 Å². The van der Waals surface area contributed by atoms with Gasteiger partial charge in [-0.15, -0.1) is 0 Å². The van der Waals surface area contributed by atoms with E-state index in [4.69, 9.17) is 14.7 Å². The zero-order valence-electron chi connectivity index (χ0n) is 14.9. The van der Waals surface area contributed by atoms with Gasteiger partial charge in [0.05, 0.1) is 47.3 Å². The fraction of sp³-hybridized carbons (Fsp3) is 0.579. The van der Waals surface area contributed by atoms with Gasteiger partial charge in [0.2, 0.25) is 5.91 Å². The molecule has 4 aliphatic heterocycles. The maximum Gasteiger partial charge on any atom is 0.417 e. The number of alkyl halides is 3. The van der Waals surface area contributed by atoms with Gasteiger partial charge in [0.15, 0.2) is 0 Å². The van der Waals surface area contributed by atoms with E-state index in [0.717, 1.165) is 12.1 Å². The second-order valence-corrected chi connectivity index (χ2v) is 8.15. The minimum atomic E-state index is -4.72. The van der Waals surface area contributed by atoms with Crippen molar-refractivity contribution in [2.24, 2.45) is 11.8 Å². The summed E-state index contributed by atoms with van der Waals surface area (Å²) in [6.45, 7) is 2.00. The average Bonchev–Trinajstić information content (AvgIpc) is 3.17. The first-order valence-corrected chi connectivity index (χ1v) is 9.07. The highest BCUT2D eigenvalue weighted by Gasteiger charge is 2.78. The molecule has 0 saturated carbocycles. The van der Waals surface area contributed by atoms with Gasteiger partial charge in [-0.3, -0.25) is 9.69 Å². The maximum atomic E-state index is 13.4. The first-order chi connectivity index (χ1) is 13.1. The number of hydrogen-bond acceptors (Lipinski definition) is 5. The van der Waals surface area contributed by atoms with E-state index in [1.807, 2.05) is 0 Å². The molecule has 1 amide bonds. The van der Waals surface area contributed by atoms with Gasteiger partial charge in [0.25, 0.3) is 0 Å². The number of carbonyl (C=O) groups excluding carboxylic acids is 1. The normalized spacial score (nSPS) is 41.3. The number of amides is 1. The van der Waals surface area contributed by atoms with Crippen molar-refractivity contribution in [2.45, 2.75) is 49.5 Å². The van der Waals surface area contributed by atoms with Crippen LogP contribution in [-0.4, -0.2) is 41.2 Å². The monoisotopic (exact) mass is 394 g/mol. The minimum absolute atomic E-state index is 0.0327. The Labute approximate surface area is 158 Å². The van der Waals surface area contributed by atoms with Crippen molar-refractivity contribution in [1.82, 2.24) is 0 Å². The van der Waals surface area contributed by atoms with Gasteiger partial charge in [-0.2, -0.15) is 18.4 Å². The van der Waals surface area contributed by atoms with Crippen LogP contribution in [0.3, 0.4) is 0 Å². The second-order valence-electron chi connectivity index (χ2n) is 8.15. The van der Waals surface area contributed by atoms with Crippen LogP contribution in [0.5, 0.6) is 0 Å². The summed E-state index contributed by atoms with van der Waals surface area (Å²) in [5, 5.41) is 19.6. The van der Waals surface area contributed by atoms with E-state index >= 15 is 0 Å². The van der Waals surface area contributed by atoms with E-state index in [9.17, 15) is 23.1 Å². The number of aliphatic hydroxyl groups excluding tert-OH is 1. The molecule has 4 fully saturated rings. The third kappa shape index (κ3) is 2.00. The minimum Gasteiger partial charge on any atom is -0.390 e. The summed E-state index contributed by atoms with van der Waals surface area (Å²) in [5.41, 5.74) is -3.35. The van der Waals surface area contributed by atoms with Crippen molar-refractivity contribution in [1.29, 1.82) is 5.26 Å². The highest BCUT2D eigenvalue weighted by Crippen LogP contribution is 2.65. The molecule has 0 radical (unpaired) electrons. The molecule has 28 heavy (non-hydrogen) atoms. The van der Waals surface area contributed by atoms with E-state index < -0.39 is 52.7 Å². The highest BCUT2D eigenvalue weighted by molar-refractivity contribution is 6.00. The van der Waals surface area contributed by atoms with Gasteiger partial charge in [-0.05, 0) is 25.1 Å². The van der Waals surface area contributed by atoms with E-state index in [2.05, 4.69) is 0 Å². The van der Waals surface area contributed by atoms with Crippen LogP contribution in [0.4, 0.5) is 18.9 Å². The summed E-state index contributed by atoms with van der Waals surface area (Å²) < 4.78 is 52.1. The molecule has 0 aromatic heterocycles. The molecular weight excluding hydrogens is 377 g/mol. The number of carbonyl (C=O) groups is 1. The smallest absolute Gasteiger partial charge is 0.390 e. The predicted octanol–water partition coefficient (Wildman–Crippen LogP) is 2.19. The van der Waals surface area contributed by atoms with E-state index in [1.165, 1.54) is 11.0 Å². The zero-order chi connectivity index (χ0) is 20.1. The van der Waals surface area contributed by atoms with Crippen LogP contribution >= 0.6 is 0 Å². The Morgan fingerprint density at radius 2 is 2.14 bits per heavy atom. The Kier molecular flexibility index (Phi) is 3.36. The molecule has 4 heterocycles. The lowest BCUT2D eigenvalue weighted by atomic mass is 9.65. The number of benzene rings is 1. The third-order valence-corrected chi connectivity index (χ3v) is 6.72. The number of hydrogen-bond donors (Lipinski definition) is 1. The van der Waals surface area contributed by atoms with E-state index in [1.54, 1.807) is 13.0 Å². The quantitative estimate of drug-likeness (QED) is 0.790. The van der Waals surface area contributed by atoms with Crippen molar-refractivity contribution < 1.29 is 32.5 Å². The number of aliphatic hydroxyl groups is 1. The number of halogens is 3. The molecular formula is C19H17F3N2O4. The Morgan fingerprint density at radius 3 is 2.82 bits per heavy atom. The Bertz CT molecular complexity index is 929. The number of fused-ring (bicyclic) bond motifs is 2. The van der Waals surface area contributed by atoms with Crippen LogP contribution in [0, 0.1) is 23.2 Å². The molecule has 6 atom stereocenters. The van der Waals surface area contributed by atoms with Gasteiger partial charge in [-0.1, -0.05) is 0 Å². The summed E-state index contributed by atoms with van der Waals surface area (Å²) in [6, 6.07) is 4.77. The van der Waals surface area contributed by atoms with Crippen LogP contribution in [-0.2, 0) is 20.4 Å². The molecule has 4 aliphatic rings. The van der Waals surface area contributed by atoms with Crippen LogP contribution < -0.4 is 4.90 Å². The molecule has 2 bridgehead atoms. The molecule has 0 aliphatic carbocycles. The summed E-state index contributed by atoms with van der Waals surface area (Å²) in [5.74, 6) is -1.41. The second kappa shape index (κ2) is 5.26. The highest BCUT2D eigenvalue weighted by atomic mass is 19.4. The van der Waals surface area contributed by atoms with E-state index in [0.29, 0.717) is 12.8 Å². The first-order valence-electron chi connectivity index (χ1n) is 9.07. The lowest BCUT2D eigenvalue weighted by Crippen LogP contribution is -2.56. The standard InChI is InChI=1S/C19H17F3N2O4/c1-17-7-12(25)18(28-17)4-5-27-16-14(18)13(17)15(26)24(16)10-3-2-9(8-23)11(6-10)19(20,21)22/h2-3,6,12-14,16,25H,4-5,7H2,1H3/t12-,13-,14+,16+,17-,18+/m1/s1. The Morgan fingerprint density at radius 1 is 1.39 bits per heavy atom. The van der Waals surface area contributed by atoms with Crippen molar-refractivity contribution in [3.63, 3.8) is 0 Å². The number of anilines is 1. The summed E-state index contributed by atoms with van der Waals surface area (Å²) in [6.07, 6.45) is -5.54. The van der Waals surface area contributed by atoms with Crippen molar-refractivity contribution in [2.75, 3.05) is 11.5 Å². The van der Waals surface area contributed by atoms with Gasteiger partial charge in [0.1, 0.15) is 11.8 Å². The SMILES string of the molecule is C[C@@]12C[C@@H](O)[C@]3(CCO[C@H]4[C@@H]3[C@@H]1C(=O)N4c1ccc(C#N)c(C(F)(F)F)c1)O2. The lowest BCUT2D eigenvalue weighted by molar-refractivity contribution is -0.163. The maximum absolute atomic E-state index is 13.4. The Balaban J connectivity index is 1.62. The van der Waals surface area contributed by atoms with Gasteiger partial charge < -0.3 is 14.6 Å². The molecule has 4 saturated heterocycles. The molecule has 0 unspecified atom stereocenters. The topological polar surface area (TPSA) is 82.8 Å². The van der Waals surface area contributed by atoms with E-state index in [-0.39, 0.29) is 18.2 Å². The Hall–Kier alpha value is -2.15. The van der Waals surface area contributed by atoms with Gasteiger partial charge >= 0.3 is 6.18 Å². The predicted molar refractivity (Wildman–Crippen MR) is 87.8 cm³/mol. The summed E-state index contributed by atoms with van der Waals surface area (Å²) in [7, 11) is 0. The molecule has 6 nitrogen and oxygen atoms in total. The third-order valence-electron chi connectivity index (χ3n) is 6.72. The lowest BCUT2D eigenvalue weighted by Gasteiger charge is -2.43. The summed E-state index contributed by atoms with van der Waals surface area (Å²) in [4.78, 5) is 14.5. The number of nitriles is 1. The molecule has 1 spiro atoms. The van der Waals surface area contributed by atoms with Crippen LogP contribution in [0.2, 0.25) is 0 Å². The molecule has 1 N–H and O–H groups in total. The first kappa shape index (κ1) is 17.9. The van der Waals surface area contributed by atoms with Crippen molar-refractivity contribution in [3.8, 4) is 6.07 Å². The van der Waals surface area contributed by atoms with Crippen molar-refractivity contribution >= 4 is 11.6 Å². The van der Waals surface area contributed by atoms with Gasteiger partial charge in [-0.25, -0.2) is 0 Å². The molecule has 5 rings (SSSR count). The molecule has 1 aromatic rings. The average molecular weight is 394 g/mol.